The average Bonchev–Trinajstić information content (AvgIpc) is 2.23. The molecule has 1 aromatic rings. The second kappa shape index (κ2) is 6.61. The Bertz CT molecular complexity index is 368. The van der Waals surface area contributed by atoms with Crippen LogP contribution >= 0.6 is 0 Å². The molecule has 1 heteroatoms. The lowest BCUT2D eigenvalue weighted by atomic mass is 9.95. The molecule has 1 unspecified atom stereocenters. The van der Waals surface area contributed by atoms with Crippen LogP contribution in [0.2, 0.25) is 0 Å². The summed E-state index contributed by atoms with van der Waals surface area (Å²) >= 11 is 0. The third kappa shape index (κ3) is 4.01. The van der Waals surface area contributed by atoms with Gasteiger partial charge in [0.05, 0.1) is 0 Å². The first-order valence-corrected chi connectivity index (χ1v) is 6.48. The standard InChI is InChI=1S/C16H25N/c1-6-7-8-9-17-15(5)16-13(3)10-12(2)11-14(16)4/h6-7,10-11,15,17H,8-9H2,1-5H3/b7-6+. The van der Waals surface area contributed by atoms with Crippen LogP contribution < -0.4 is 5.32 Å². The molecule has 0 aliphatic rings. The largest absolute Gasteiger partial charge is 0.310 e. The maximum atomic E-state index is 3.58. The second-order valence-electron chi connectivity index (χ2n) is 4.85. The van der Waals surface area contributed by atoms with Gasteiger partial charge in [0, 0.05) is 6.04 Å². The molecular weight excluding hydrogens is 206 g/mol. The van der Waals surface area contributed by atoms with Gasteiger partial charge in [0.15, 0.2) is 0 Å². The van der Waals surface area contributed by atoms with Crippen LogP contribution in [-0.4, -0.2) is 6.54 Å². The predicted octanol–water partition coefficient (Wildman–Crippen LogP) is 4.23. The fourth-order valence-electron chi connectivity index (χ4n) is 2.53. The van der Waals surface area contributed by atoms with E-state index < -0.39 is 0 Å². The first-order valence-electron chi connectivity index (χ1n) is 6.48. The summed E-state index contributed by atoms with van der Waals surface area (Å²) in [7, 11) is 0. The van der Waals surface area contributed by atoms with Gasteiger partial charge in [0.1, 0.15) is 0 Å². The zero-order valence-electron chi connectivity index (χ0n) is 11.8. The molecule has 0 saturated heterocycles. The molecule has 94 valence electrons. The van der Waals surface area contributed by atoms with Gasteiger partial charge < -0.3 is 5.32 Å². The number of hydrogen-bond acceptors (Lipinski definition) is 1. The maximum absolute atomic E-state index is 3.58. The number of nitrogens with one attached hydrogen (secondary N) is 1. The van der Waals surface area contributed by atoms with E-state index in [9.17, 15) is 0 Å². The molecule has 17 heavy (non-hydrogen) atoms. The van der Waals surface area contributed by atoms with Gasteiger partial charge in [-0.25, -0.2) is 0 Å². The van der Waals surface area contributed by atoms with Crippen molar-refractivity contribution in [2.45, 2.75) is 47.1 Å². The summed E-state index contributed by atoms with van der Waals surface area (Å²) in [6, 6.07) is 4.97. The van der Waals surface area contributed by atoms with Gasteiger partial charge in [-0.1, -0.05) is 29.8 Å². The van der Waals surface area contributed by atoms with E-state index in [0.29, 0.717) is 6.04 Å². The first kappa shape index (κ1) is 14.0. The fourth-order valence-corrected chi connectivity index (χ4v) is 2.53. The van der Waals surface area contributed by atoms with Gasteiger partial charge in [0.2, 0.25) is 0 Å². The van der Waals surface area contributed by atoms with Gasteiger partial charge in [0.25, 0.3) is 0 Å². The minimum Gasteiger partial charge on any atom is -0.310 e. The molecule has 1 rings (SSSR count). The lowest BCUT2D eigenvalue weighted by Gasteiger charge is -2.19. The Morgan fingerprint density at radius 2 is 1.76 bits per heavy atom. The van der Waals surface area contributed by atoms with Gasteiger partial charge in [-0.05, 0) is 64.3 Å². The molecular formula is C16H25N. The molecule has 1 aromatic carbocycles. The molecule has 0 saturated carbocycles. The molecule has 0 aliphatic carbocycles. The zero-order chi connectivity index (χ0) is 12.8. The van der Waals surface area contributed by atoms with Gasteiger partial charge >= 0.3 is 0 Å². The first-order chi connectivity index (χ1) is 8.06. The molecule has 0 spiro atoms. The highest BCUT2D eigenvalue weighted by Gasteiger charge is 2.10. The summed E-state index contributed by atoms with van der Waals surface area (Å²) in [6.07, 6.45) is 5.41. The van der Waals surface area contributed by atoms with E-state index in [1.807, 2.05) is 0 Å². The van der Waals surface area contributed by atoms with E-state index in [-0.39, 0.29) is 0 Å². The minimum absolute atomic E-state index is 0.431. The van der Waals surface area contributed by atoms with Crippen LogP contribution in [0.5, 0.6) is 0 Å². The van der Waals surface area contributed by atoms with E-state index in [4.69, 9.17) is 0 Å². The SMILES string of the molecule is C/C=C/CCNC(C)c1c(C)cc(C)cc1C. The Labute approximate surface area is 106 Å². The molecule has 1 nitrogen and oxygen atoms in total. The second-order valence-corrected chi connectivity index (χ2v) is 4.85. The minimum atomic E-state index is 0.431. The van der Waals surface area contributed by atoms with Crippen LogP contribution in [0.4, 0.5) is 0 Å². The van der Waals surface area contributed by atoms with Crippen LogP contribution in [0.15, 0.2) is 24.3 Å². The molecule has 0 aliphatic heterocycles. The van der Waals surface area contributed by atoms with Crippen LogP contribution in [0.3, 0.4) is 0 Å². The normalized spacial score (nSPS) is 13.2. The van der Waals surface area contributed by atoms with Gasteiger partial charge in [-0.3, -0.25) is 0 Å². The number of benzene rings is 1. The van der Waals surface area contributed by atoms with Crippen molar-refractivity contribution in [3.63, 3.8) is 0 Å². The summed E-state index contributed by atoms with van der Waals surface area (Å²) in [5, 5.41) is 3.58. The van der Waals surface area contributed by atoms with E-state index in [1.54, 1.807) is 0 Å². The molecule has 0 amide bonds. The molecule has 0 radical (unpaired) electrons. The highest BCUT2D eigenvalue weighted by atomic mass is 14.9. The smallest absolute Gasteiger partial charge is 0.0297 e. The van der Waals surface area contributed by atoms with Crippen LogP contribution in [0.1, 0.15) is 48.6 Å². The van der Waals surface area contributed by atoms with Crippen molar-refractivity contribution in [3.8, 4) is 0 Å². The van der Waals surface area contributed by atoms with Crippen molar-refractivity contribution in [3.05, 3.63) is 46.5 Å². The van der Waals surface area contributed by atoms with Crippen molar-refractivity contribution in [1.29, 1.82) is 0 Å². The topological polar surface area (TPSA) is 12.0 Å². The van der Waals surface area contributed by atoms with Gasteiger partial charge in [-0.2, -0.15) is 0 Å². The van der Waals surface area contributed by atoms with E-state index in [1.165, 1.54) is 22.3 Å². The molecule has 1 N–H and O–H groups in total. The van der Waals surface area contributed by atoms with Crippen LogP contribution in [0, 0.1) is 20.8 Å². The summed E-state index contributed by atoms with van der Waals surface area (Å²) < 4.78 is 0. The summed E-state index contributed by atoms with van der Waals surface area (Å²) in [4.78, 5) is 0. The number of hydrogen-bond donors (Lipinski definition) is 1. The van der Waals surface area contributed by atoms with Crippen molar-refractivity contribution in [2.75, 3.05) is 6.54 Å². The third-order valence-electron chi connectivity index (χ3n) is 3.17. The molecule has 0 heterocycles. The monoisotopic (exact) mass is 231 g/mol. The highest BCUT2D eigenvalue weighted by molar-refractivity contribution is 5.39. The van der Waals surface area contributed by atoms with Crippen molar-refractivity contribution < 1.29 is 0 Å². The van der Waals surface area contributed by atoms with E-state index in [2.05, 4.69) is 64.2 Å². The Kier molecular flexibility index (Phi) is 5.43. The Hall–Kier alpha value is -1.08. The fraction of sp³-hybridized carbons (Fsp3) is 0.500. The maximum Gasteiger partial charge on any atom is 0.0297 e. The molecule has 0 aromatic heterocycles. The van der Waals surface area contributed by atoms with Crippen molar-refractivity contribution >= 4 is 0 Å². The van der Waals surface area contributed by atoms with Crippen molar-refractivity contribution in [2.24, 2.45) is 0 Å². The lowest BCUT2D eigenvalue weighted by Crippen LogP contribution is -2.21. The molecule has 1 atom stereocenters. The van der Waals surface area contributed by atoms with Crippen LogP contribution in [0.25, 0.3) is 0 Å². The molecule has 0 bridgehead atoms. The summed E-state index contributed by atoms with van der Waals surface area (Å²) in [6.45, 7) is 11.9. The van der Waals surface area contributed by atoms with E-state index in [0.717, 1.165) is 13.0 Å². The average molecular weight is 231 g/mol. The number of aryl methyl sites for hydroxylation is 3. The number of rotatable bonds is 5. The Morgan fingerprint density at radius 1 is 1.18 bits per heavy atom. The Balaban J connectivity index is 2.71. The summed E-state index contributed by atoms with van der Waals surface area (Å²) in [5.41, 5.74) is 5.60. The van der Waals surface area contributed by atoms with E-state index >= 15 is 0 Å². The Morgan fingerprint density at radius 3 is 2.29 bits per heavy atom. The lowest BCUT2D eigenvalue weighted by molar-refractivity contribution is 0.576. The molecule has 0 fully saturated rings. The van der Waals surface area contributed by atoms with Gasteiger partial charge in [-0.15, -0.1) is 0 Å². The highest BCUT2D eigenvalue weighted by Crippen LogP contribution is 2.23. The van der Waals surface area contributed by atoms with Crippen LogP contribution in [-0.2, 0) is 0 Å². The number of allylic oxidation sites excluding steroid dienone is 1. The summed E-state index contributed by atoms with van der Waals surface area (Å²) in [5.74, 6) is 0. The zero-order valence-corrected chi connectivity index (χ0v) is 11.8. The van der Waals surface area contributed by atoms with Crippen molar-refractivity contribution in [1.82, 2.24) is 5.32 Å². The predicted molar refractivity (Wildman–Crippen MR) is 76.5 cm³/mol. The quantitative estimate of drug-likeness (QED) is 0.590. The third-order valence-corrected chi connectivity index (χ3v) is 3.17.